The van der Waals surface area contributed by atoms with Crippen LogP contribution >= 0.6 is 11.3 Å². The first-order valence-electron chi connectivity index (χ1n) is 6.47. The van der Waals surface area contributed by atoms with E-state index in [0.717, 1.165) is 0 Å². The Labute approximate surface area is 119 Å². The molecule has 1 amide bonds. The molecule has 3 rings (SSSR count). The molecule has 1 saturated heterocycles. The predicted molar refractivity (Wildman–Crippen MR) is 75.9 cm³/mol. The van der Waals surface area contributed by atoms with Crippen molar-refractivity contribution in [2.75, 3.05) is 19.7 Å². The molecule has 1 aliphatic rings. The highest BCUT2D eigenvalue weighted by molar-refractivity contribution is 7.17. The van der Waals surface area contributed by atoms with Gasteiger partial charge in [-0.3, -0.25) is 14.2 Å². The average molecular weight is 293 g/mol. The Morgan fingerprint density at radius 3 is 3.25 bits per heavy atom. The van der Waals surface area contributed by atoms with Gasteiger partial charge in [-0.25, -0.2) is 4.98 Å². The highest BCUT2D eigenvalue weighted by atomic mass is 32.1. The summed E-state index contributed by atoms with van der Waals surface area (Å²) in [6.07, 6.45) is 1.49. The number of amides is 1. The Kier molecular flexibility index (Phi) is 3.54. The summed E-state index contributed by atoms with van der Waals surface area (Å²) in [7, 11) is 0. The van der Waals surface area contributed by atoms with Crippen LogP contribution in [0, 0.1) is 0 Å². The third-order valence-corrected chi connectivity index (χ3v) is 4.23. The second-order valence-electron chi connectivity index (χ2n) is 4.83. The van der Waals surface area contributed by atoms with E-state index in [2.05, 4.69) is 4.98 Å². The van der Waals surface area contributed by atoms with Gasteiger partial charge in [0.15, 0.2) is 0 Å². The lowest BCUT2D eigenvalue weighted by Gasteiger charge is -2.31. The van der Waals surface area contributed by atoms with E-state index in [1.165, 1.54) is 22.2 Å². The van der Waals surface area contributed by atoms with Crippen molar-refractivity contribution >= 4 is 27.5 Å². The molecule has 7 heteroatoms. The van der Waals surface area contributed by atoms with E-state index >= 15 is 0 Å². The highest BCUT2D eigenvalue weighted by Gasteiger charge is 2.22. The van der Waals surface area contributed by atoms with Crippen molar-refractivity contribution in [1.29, 1.82) is 0 Å². The minimum absolute atomic E-state index is 0.0341. The van der Waals surface area contributed by atoms with E-state index in [1.807, 2.05) is 12.3 Å². The maximum atomic E-state index is 12.2. The van der Waals surface area contributed by atoms with E-state index in [0.29, 0.717) is 29.9 Å². The Hall–Kier alpha value is -1.73. The fourth-order valence-electron chi connectivity index (χ4n) is 2.28. The van der Waals surface area contributed by atoms with Crippen LogP contribution in [0.3, 0.4) is 0 Å². The maximum Gasteiger partial charge on any atom is 0.271 e. The molecule has 0 aliphatic carbocycles. The van der Waals surface area contributed by atoms with Gasteiger partial charge in [-0.1, -0.05) is 0 Å². The third kappa shape index (κ3) is 2.46. The fraction of sp³-hybridized carbons (Fsp3) is 0.462. The van der Waals surface area contributed by atoms with Gasteiger partial charge >= 0.3 is 0 Å². The van der Waals surface area contributed by atoms with E-state index in [-0.39, 0.29) is 24.1 Å². The quantitative estimate of drug-likeness (QED) is 0.818. The lowest BCUT2D eigenvalue weighted by Crippen LogP contribution is -2.46. The van der Waals surface area contributed by atoms with E-state index in [1.54, 1.807) is 11.0 Å². The van der Waals surface area contributed by atoms with Gasteiger partial charge in [0.05, 0.1) is 24.6 Å². The van der Waals surface area contributed by atoms with Gasteiger partial charge < -0.3 is 9.64 Å². The number of hydrogen-bond acceptors (Lipinski definition) is 5. The second-order valence-corrected chi connectivity index (χ2v) is 5.75. The lowest BCUT2D eigenvalue weighted by molar-refractivity contribution is -0.138. The number of aromatic nitrogens is 2. The smallest absolute Gasteiger partial charge is 0.271 e. The molecule has 6 nitrogen and oxygen atoms in total. The van der Waals surface area contributed by atoms with Crippen molar-refractivity contribution in [1.82, 2.24) is 14.5 Å². The van der Waals surface area contributed by atoms with Crippen LogP contribution in [-0.4, -0.2) is 46.2 Å². The predicted octanol–water partition coefficient (Wildman–Crippen LogP) is 0.705. The molecule has 1 aliphatic heterocycles. The summed E-state index contributed by atoms with van der Waals surface area (Å²) in [6, 6.07) is 1.80. The molecule has 1 atom stereocenters. The first-order valence-corrected chi connectivity index (χ1v) is 7.35. The first-order chi connectivity index (χ1) is 9.65. The van der Waals surface area contributed by atoms with Crippen LogP contribution in [0.4, 0.5) is 0 Å². The van der Waals surface area contributed by atoms with Crippen LogP contribution < -0.4 is 5.56 Å². The summed E-state index contributed by atoms with van der Waals surface area (Å²) < 4.78 is 7.38. The molecule has 2 aromatic rings. The van der Waals surface area contributed by atoms with Crippen LogP contribution in [0.25, 0.3) is 10.2 Å². The van der Waals surface area contributed by atoms with Crippen molar-refractivity contribution < 1.29 is 9.53 Å². The van der Waals surface area contributed by atoms with Crippen LogP contribution in [-0.2, 0) is 16.1 Å². The third-order valence-electron chi connectivity index (χ3n) is 3.34. The number of morpholine rings is 1. The van der Waals surface area contributed by atoms with Gasteiger partial charge in [-0.05, 0) is 18.4 Å². The molecule has 0 spiro atoms. The zero-order valence-electron chi connectivity index (χ0n) is 11.1. The SMILES string of the molecule is CC1CN(C(=O)Cn2cnc3ccsc3c2=O)CCO1. The molecule has 0 bridgehead atoms. The topological polar surface area (TPSA) is 64.4 Å². The second kappa shape index (κ2) is 5.34. The fourth-order valence-corrected chi connectivity index (χ4v) is 3.07. The van der Waals surface area contributed by atoms with Gasteiger partial charge in [0.25, 0.3) is 5.56 Å². The van der Waals surface area contributed by atoms with Crippen molar-refractivity contribution in [3.63, 3.8) is 0 Å². The van der Waals surface area contributed by atoms with E-state index in [4.69, 9.17) is 4.74 Å². The number of carbonyl (C=O) groups excluding carboxylic acids is 1. The number of rotatable bonds is 2. The van der Waals surface area contributed by atoms with Crippen LogP contribution in [0.2, 0.25) is 0 Å². The molecule has 1 unspecified atom stereocenters. The minimum Gasteiger partial charge on any atom is -0.375 e. The largest absolute Gasteiger partial charge is 0.375 e. The maximum absolute atomic E-state index is 12.2. The number of hydrogen-bond donors (Lipinski definition) is 0. The average Bonchev–Trinajstić information content (AvgIpc) is 2.91. The van der Waals surface area contributed by atoms with Gasteiger partial charge in [-0.15, -0.1) is 11.3 Å². The number of thiophene rings is 1. The zero-order chi connectivity index (χ0) is 14.1. The van der Waals surface area contributed by atoms with Crippen molar-refractivity contribution in [3.8, 4) is 0 Å². The summed E-state index contributed by atoms with van der Waals surface area (Å²) in [6.45, 7) is 3.66. The van der Waals surface area contributed by atoms with Crippen LogP contribution in [0.15, 0.2) is 22.6 Å². The molecule has 0 radical (unpaired) electrons. The van der Waals surface area contributed by atoms with Crippen molar-refractivity contribution in [2.45, 2.75) is 19.6 Å². The molecule has 3 heterocycles. The van der Waals surface area contributed by atoms with E-state index in [9.17, 15) is 9.59 Å². The van der Waals surface area contributed by atoms with Crippen LogP contribution in [0.5, 0.6) is 0 Å². The Morgan fingerprint density at radius 1 is 1.60 bits per heavy atom. The molecule has 0 aromatic carbocycles. The minimum atomic E-state index is -0.153. The Morgan fingerprint density at radius 2 is 2.45 bits per heavy atom. The van der Waals surface area contributed by atoms with E-state index < -0.39 is 0 Å². The number of carbonyl (C=O) groups is 1. The first kappa shape index (κ1) is 13.3. The molecule has 20 heavy (non-hydrogen) atoms. The summed E-state index contributed by atoms with van der Waals surface area (Å²) in [4.78, 5) is 30.4. The number of ether oxygens (including phenoxy) is 1. The van der Waals surface area contributed by atoms with Gasteiger partial charge in [0.2, 0.25) is 5.91 Å². The molecular weight excluding hydrogens is 278 g/mol. The van der Waals surface area contributed by atoms with Crippen molar-refractivity contribution in [3.05, 3.63) is 28.1 Å². The summed E-state index contributed by atoms with van der Waals surface area (Å²) in [5, 5.41) is 1.83. The number of nitrogens with zero attached hydrogens (tertiary/aromatic N) is 3. The number of fused-ring (bicyclic) bond motifs is 1. The molecule has 106 valence electrons. The Bertz CT molecular complexity index is 693. The lowest BCUT2D eigenvalue weighted by atomic mass is 10.3. The van der Waals surface area contributed by atoms with Gasteiger partial charge in [0.1, 0.15) is 11.2 Å². The van der Waals surface area contributed by atoms with Gasteiger partial charge in [0, 0.05) is 13.1 Å². The molecule has 2 aromatic heterocycles. The molecule has 0 saturated carbocycles. The zero-order valence-corrected chi connectivity index (χ0v) is 11.9. The van der Waals surface area contributed by atoms with Crippen molar-refractivity contribution in [2.24, 2.45) is 0 Å². The monoisotopic (exact) mass is 293 g/mol. The summed E-state index contributed by atoms with van der Waals surface area (Å²) >= 11 is 1.35. The molecule has 1 fully saturated rings. The van der Waals surface area contributed by atoms with Crippen LogP contribution in [0.1, 0.15) is 6.92 Å². The highest BCUT2D eigenvalue weighted by Crippen LogP contribution is 2.13. The summed E-state index contributed by atoms with van der Waals surface area (Å²) in [5.74, 6) is -0.0695. The normalized spacial score (nSPS) is 19.4. The molecular formula is C13H15N3O3S. The standard InChI is InChI=1S/C13H15N3O3S/c1-9-6-15(3-4-19-9)11(17)7-16-8-14-10-2-5-20-12(10)13(16)18/h2,5,8-9H,3-4,6-7H2,1H3. The molecule has 0 N–H and O–H groups in total. The summed E-state index contributed by atoms with van der Waals surface area (Å²) in [5.41, 5.74) is 0.531. The Balaban J connectivity index is 1.80. The van der Waals surface area contributed by atoms with Gasteiger partial charge in [-0.2, -0.15) is 0 Å².